The lowest BCUT2D eigenvalue weighted by Gasteiger charge is -2.21. The lowest BCUT2D eigenvalue weighted by Crippen LogP contribution is -2.14. The Morgan fingerprint density at radius 3 is 1.06 bits per heavy atom. The summed E-state index contributed by atoms with van der Waals surface area (Å²) in [5.74, 6) is 0. The lowest BCUT2D eigenvalue weighted by molar-refractivity contribution is 0.661. The average Bonchev–Trinajstić information content (AvgIpc) is 1.55. The van der Waals surface area contributed by atoms with Crippen LogP contribution in [0.1, 0.15) is 58.4 Å². The molecule has 0 aliphatic heterocycles. The Balaban J connectivity index is 0.000000103. The predicted octanol–water partition coefficient (Wildman–Crippen LogP) is 34.8. The van der Waals surface area contributed by atoms with Crippen LogP contribution in [0.3, 0.4) is 0 Å². The minimum atomic E-state index is -0.0643. The zero-order valence-electron chi connectivity index (χ0n) is 74.8. The number of thiophene rings is 2. The van der Waals surface area contributed by atoms with Crippen LogP contribution in [0.25, 0.3) is 228 Å². The molecule has 6 heteroatoms. The zero-order valence-corrected chi connectivity index (χ0v) is 76.4. The minimum absolute atomic E-state index is 0.0643. The van der Waals surface area contributed by atoms with Crippen LogP contribution in [0.5, 0.6) is 0 Å². The Morgan fingerprint density at radius 1 is 0.193 bits per heavy atom. The van der Waals surface area contributed by atoms with Crippen molar-refractivity contribution in [3.8, 4) is 101 Å². The highest BCUT2D eigenvalue weighted by molar-refractivity contribution is 7.26. The van der Waals surface area contributed by atoms with Crippen molar-refractivity contribution >= 4 is 150 Å². The van der Waals surface area contributed by atoms with Gasteiger partial charge in [0.2, 0.25) is 0 Å². The van der Waals surface area contributed by atoms with Crippen molar-refractivity contribution in [3.05, 3.63) is 469 Å². The Labute approximate surface area is 790 Å². The maximum absolute atomic E-state index is 2.47. The molecule has 6 heterocycles. The Kier molecular flexibility index (Phi) is 17.6. The SMILES string of the molecule is CC1(C)c2ccccc2-c2cc3c4cc(-c5ccc(-n6c7ccccc7c7c8c(ccc76)CCc6ccccc6-8)cc5)ccc4n(-c4ccccc4)c3cc21.c1ccc2c(c1)CCc1ccc3c(c1-2)c1ccccc1n3-c1ccc(-c2ccc3sc4ccccc4c3c2)cc1.c1ccc2c(c1)CCc1ccc3c(c1-2)c1ccccc1n3-c1ccc(-c2cccc3c2sc2ccccc23)cc1. The Bertz CT molecular complexity index is 9440. The van der Waals surface area contributed by atoms with Crippen LogP contribution < -0.4 is 0 Å². The fourth-order valence-corrected chi connectivity index (χ4v) is 26.3. The lowest BCUT2D eigenvalue weighted by atomic mass is 9.82. The van der Waals surface area contributed by atoms with Crippen molar-refractivity contribution in [1.29, 1.82) is 0 Å². The van der Waals surface area contributed by atoms with Gasteiger partial charge in [-0.2, -0.15) is 0 Å². The van der Waals surface area contributed by atoms with E-state index in [1.807, 2.05) is 22.7 Å². The van der Waals surface area contributed by atoms with Crippen LogP contribution >= 0.6 is 22.7 Å². The molecule has 0 fully saturated rings. The number of fused-ring (bicyclic) bond motifs is 33. The normalized spacial score (nSPS) is 13.3. The van der Waals surface area contributed by atoms with Crippen molar-refractivity contribution in [3.63, 3.8) is 0 Å². The number of aryl methyl sites for hydroxylation is 6. The summed E-state index contributed by atoms with van der Waals surface area (Å²) in [4.78, 5) is 0. The van der Waals surface area contributed by atoms with Gasteiger partial charge in [0, 0.05) is 112 Å². The second kappa shape index (κ2) is 30.6. The van der Waals surface area contributed by atoms with E-state index < -0.39 is 0 Å². The molecule has 4 nitrogen and oxygen atoms in total. The highest BCUT2D eigenvalue weighted by Gasteiger charge is 2.37. The number of nitrogens with zero attached hydrogens (tertiary/aromatic N) is 4. The van der Waals surface area contributed by atoms with Crippen LogP contribution in [0.4, 0.5) is 0 Å². The molecule has 0 saturated carbocycles. The van der Waals surface area contributed by atoms with Crippen molar-refractivity contribution < 1.29 is 0 Å². The molecule has 0 radical (unpaired) electrons. The van der Waals surface area contributed by atoms with E-state index >= 15 is 0 Å². The monoisotopic (exact) mass is 1760 g/mol. The molecule has 30 rings (SSSR count). The quantitative estimate of drug-likeness (QED) is 0.152. The smallest absolute Gasteiger partial charge is 0.0547 e. The molecule has 26 aromatic rings. The minimum Gasteiger partial charge on any atom is -0.309 e. The molecule has 0 N–H and O–H groups in total. The molecular weight excluding hydrogens is 1670 g/mol. The summed E-state index contributed by atoms with van der Waals surface area (Å²) in [6.45, 7) is 4.74. The molecule has 135 heavy (non-hydrogen) atoms. The molecular formula is C129H88N4S2. The molecule has 20 aromatic carbocycles. The van der Waals surface area contributed by atoms with Gasteiger partial charge in [-0.15, -0.1) is 22.7 Å². The van der Waals surface area contributed by atoms with Gasteiger partial charge < -0.3 is 18.3 Å². The number of rotatable bonds is 7. The molecule has 4 aliphatic rings. The molecule has 0 bridgehead atoms. The van der Waals surface area contributed by atoms with E-state index in [1.54, 1.807) is 0 Å². The topological polar surface area (TPSA) is 19.7 Å². The van der Waals surface area contributed by atoms with E-state index in [4.69, 9.17) is 0 Å². The first kappa shape index (κ1) is 77.8. The molecule has 636 valence electrons. The van der Waals surface area contributed by atoms with Crippen LogP contribution in [0.2, 0.25) is 0 Å². The second-order valence-corrected chi connectivity index (χ2v) is 39.9. The molecule has 0 amide bonds. The standard InChI is InChI=1S/C53H38N2.2C38H25NS/c1-53(2)45-18-10-8-16-40(45)42-31-44-43-30-36(25-28-48(43)55(50(44)32-46(42)53)37-13-4-3-5-14-37)33-22-26-38(27-23-33)54-47-19-11-9-17-41(47)52-49(54)29-24-35-21-20-34-12-6-7-15-39(34)51(35)52;1-2-9-28-24(8-1)16-17-26-20-23-34-37(36(26)28)32-11-3-5-14-33(32)39(34)27-21-18-25(19-22-27)29-12-7-13-31-30-10-4-6-15-35(30)40-38(29)31;1-2-8-29-25(7-1)13-14-26-17-21-34-38(37(26)29)31-10-3-5-11-33(31)39(34)28-19-15-24(16-20-28)27-18-22-36-32(23-27)30-9-4-6-12-35(30)40-36/h3-19,22-32H,20-21H2,1-2H3;1-15,18-23H,16-17H2;1-12,15-23H,13-14H2. The second-order valence-electron chi connectivity index (χ2n) is 37.7. The van der Waals surface area contributed by atoms with Gasteiger partial charge in [0.25, 0.3) is 0 Å². The molecule has 0 spiro atoms. The highest BCUT2D eigenvalue weighted by Crippen LogP contribution is 2.54. The predicted molar refractivity (Wildman–Crippen MR) is 575 cm³/mol. The van der Waals surface area contributed by atoms with E-state index in [0.29, 0.717) is 0 Å². The van der Waals surface area contributed by atoms with E-state index in [1.165, 1.54) is 273 Å². The largest absolute Gasteiger partial charge is 0.309 e. The van der Waals surface area contributed by atoms with Gasteiger partial charge in [0.05, 0.1) is 44.1 Å². The van der Waals surface area contributed by atoms with E-state index in [0.717, 1.165) is 38.5 Å². The van der Waals surface area contributed by atoms with Gasteiger partial charge >= 0.3 is 0 Å². The summed E-state index contributed by atoms with van der Waals surface area (Å²) in [5, 5.41) is 16.0. The summed E-state index contributed by atoms with van der Waals surface area (Å²) >= 11 is 3.76. The van der Waals surface area contributed by atoms with E-state index in [9.17, 15) is 0 Å². The van der Waals surface area contributed by atoms with Crippen molar-refractivity contribution in [2.45, 2.75) is 57.8 Å². The molecule has 6 aromatic heterocycles. The molecule has 0 saturated heterocycles. The van der Waals surface area contributed by atoms with Gasteiger partial charge in [-0.3, -0.25) is 0 Å². The third-order valence-corrected chi connectivity index (χ3v) is 32.6. The first-order valence-corrected chi connectivity index (χ1v) is 49.2. The van der Waals surface area contributed by atoms with Crippen molar-refractivity contribution in [1.82, 2.24) is 18.3 Å². The first-order chi connectivity index (χ1) is 66.7. The van der Waals surface area contributed by atoms with Gasteiger partial charge in [0.1, 0.15) is 0 Å². The number of aromatic nitrogens is 4. The third kappa shape index (κ3) is 12.1. The maximum atomic E-state index is 2.47. The molecule has 4 aliphatic carbocycles. The number of para-hydroxylation sites is 4. The first-order valence-electron chi connectivity index (χ1n) is 47.5. The number of benzene rings is 20. The summed E-state index contributed by atoms with van der Waals surface area (Å²) in [6.07, 6.45) is 6.60. The van der Waals surface area contributed by atoms with Crippen molar-refractivity contribution in [2.75, 3.05) is 0 Å². The summed E-state index contributed by atoms with van der Waals surface area (Å²) in [6, 6.07) is 158. The summed E-state index contributed by atoms with van der Waals surface area (Å²) in [7, 11) is 0. The third-order valence-electron chi connectivity index (χ3n) is 30.2. The fourth-order valence-electron chi connectivity index (χ4n) is 24.0. The Hall–Kier alpha value is -16.0. The highest BCUT2D eigenvalue weighted by atomic mass is 32.1. The zero-order chi connectivity index (χ0) is 88.8. The van der Waals surface area contributed by atoms with Gasteiger partial charge in [-0.1, -0.05) is 305 Å². The molecule has 0 unspecified atom stereocenters. The van der Waals surface area contributed by atoms with Crippen molar-refractivity contribution in [2.24, 2.45) is 0 Å². The van der Waals surface area contributed by atoms with E-state index in [-0.39, 0.29) is 5.41 Å². The van der Waals surface area contributed by atoms with Crippen LogP contribution in [0, 0.1) is 0 Å². The van der Waals surface area contributed by atoms with Gasteiger partial charge in [0.15, 0.2) is 0 Å². The van der Waals surface area contributed by atoms with Gasteiger partial charge in [-0.05, 0) is 294 Å². The maximum Gasteiger partial charge on any atom is 0.0547 e. The molecule has 0 atom stereocenters. The van der Waals surface area contributed by atoms with Crippen LogP contribution in [-0.4, -0.2) is 18.3 Å². The van der Waals surface area contributed by atoms with E-state index in [2.05, 4.69) is 457 Å². The summed E-state index contributed by atoms with van der Waals surface area (Å²) in [5.41, 5.74) is 44.9. The fraction of sp³-hybridized carbons (Fsp3) is 0.0698. The average molecular weight is 1760 g/mol. The van der Waals surface area contributed by atoms with Crippen LogP contribution in [0.15, 0.2) is 425 Å². The summed E-state index contributed by atoms with van der Waals surface area (Å²) < 4.78 is 15.2. The number of hydrogen-bond acceptors (Lipinski definition) is 2. The number of hydrogen-bond donors (Lipinski definition) is 0. The van der Waals surface area contributed by atoms with Crippen LogP contribution in [-0.2, 0) is 43.9 Å². The van der Waals surface area contributed by atoms with Gasteiger partial charge in [-0.25, -0.2) is 0 Å². The Morgan fingerprint density at radius 2 is 0.541 bits per heavy atom.